The predicted octanol–water partition coefficient (Wildman–Crippen LogP) is 1.65. The highest BCUT2D eigenvalue weighted by molar-refractivity contribution is 5.74. The van der Waals surface area contributed by atoms with E-state index in [0.29, 0.717) is 26.2 Å². The van der Waals surface area contributed by atoms with Crippen molar-refractivity contribution in [3.63, 3.8) is 0 Å². The number of halogens is 2. The number of nitrogens with zero attached hydrogens (tertiary/aromatic N) is 1. The van der Waals surface area contributed by atoms with Gasteiger partial charge in [0.2, 0.25) is 0 Å². The Bertz CT molecular complexity index is 505. The van der Waals surface area contributed by atoms with Crippen molar-refractivity contribution in [1.82, 2.24) is 10.2 Å². The molecule has 122 valence electrons. The van der Waals surface area contributed by atoms with Crippen LogP contribution in [0, 0.1) is 11.6 Å². The summed E-state index contributed by atoms with van der Waals surface area (Å²) in [5, 5.41) is 12.0. The lowest BCUT2D eigenvalue weighted by atomic mass is 10.1. The van der Waals surface area contributed by atoms with Crippen LogP contribution in [-0.4, -0.2) is 47.9 Å². The Balaban J connectivity index is 1.98. The van der Waals surface area contributed by atoms with Crippen molar-refractivity contribution in [2.24, 2.45) is 0 Å². The molecule has 2 atom stereocenters. The van der Waals surface area contributed by atoms with E-state index in [-0.39, 0.29) is 18.2 Å². The second-order valence-corrected chi connectivity index (χ2v) is 5.37. The number of carbonyl (C=O) groups excluding carboxylic acids is 1. The Hall–Kier alpha value is -1.73. The summed E-state index contributed by atoms with van der Waals surface area (Å²) in [5.74, 6) is -1.38. The maximum atomic E-state index is 13.5. The number of aliphatic hydroxyl groups excluding tert-OH is 1. The number of hydrogen-bond donors (Lipinski definition) is 2. The number of hydrogen-bond acceptors (Lipinski definition) is 3. The molecule has 1 heterocycles. The fourth-order valence-electron chi connectivity index (χ4n) is 2.48. The Labute approximate surface area is 127 Å². The van der Waals surface area contributed by atoms with Crippen LogP contribution in [0.5, 0.6) is 0 Å². The minimum absolute atomic E-state index is 0.170. The lowest BCUT2D eigenvalue weighted by Crippen LogP contribution is -2.53. The van der Waals surface area contributed by atoms with E-state index in [0.717, 1.165) is 12.1 Å². The Morgan fingerprint density at radius 2 is 2.18 bits per heavy atom. The second-order valence-electron chi connectivity index (χ2n) is 5.37. The summed E-state index contributed by atoms with van der Waals surface area (Å²) in [7, 11) is 0. The van der Waals surface area contributed by atoms with Gasteiger partial charge in [-0.25, -0.2) is 13.6 Å². The number of amides is 2. The number of ether oxygens (including phenoxy) is 1. The van der Waals surface area contributed by atoms with Gasteiger partial charge in [0.1, 0.15) is 11.6 Å². The average Bonchev–Trinajstić information content (AvgIpc) is 2.46. The molecule has 2 N–H and O–H groups in total. The first-order chi connectivity index (χ1) is 10.5. The standard InChI is InChI=1S/C15H20F2N2O3/c1-10(20)7-11-9-22-6-5-19(11)15(21)18-8-12-13(16)3-2-4-14(12)17/h2-4,10-11,20H,5-9H2,1H3,(H,18,21). The van der Waals surface area contributed by atoms with Crippen LogP contribution in [0.2, 0.25) is 0 Å². The summed E-state index contributed by atoms with van der Waals surface area (Å²) >= 11 is 0. The molecule has 0 aliphatic carbocycles. The molecular formula is C15H20F2N2O3. The van der Waals surface area contributed by atoms with E-state index < -0.39 is 23.8 Å². The monoisotopic (exact) mass is 314 g/mol. The van der Waals surface area contributed by atoms with E-state index in [1.807, 2.05) is 0 Å². The highest BCUT2D eigenvalue weighted by Crippen LogP contribution is 2.15. The van der Waals surface area contributed by atoms with E-state index in [1.54, 1.807) is 6.92 Å². The molecule has 1 saturated heterocycles. The second kappa shape index (κ2) is 7.51. The number of aliphatic hydroxyl groups is 1. The number of urea groups is 1. The quantitative estimate of drug-likeness (QED) is 0.888. The van der Waals surface area contributed by atoms with Crippen molar-refractivity contribution >= 4 is 6.03 Å². The predicted molar refractivity (Wildman–Crippen MR) is 76.2 cm³/mol. The molecule has 2 amide bonds. The molecule has 0 spiro atoms. The minimum Gasteiger partial charge on any atom is -0.393 e. The van der Waals surface area contributed by atoms with Crippen LogP contribution in [0.4, 0.5) is 13.6 Å². The van der Waals surface area contributed by atoms with E-state index >= 15 is 0 Å². The number of carbonyl (C=O) groups is 1. The van der Waals surface area contributed by atoms with Gasteiger partial charge < -0.3 is 20.1 Å². The molecule has 2 unspecified atom stereocenters. The van der Waals surface area contributed by atoms with Crippen molar-refractivity contribution in [2.45, 2.75) is 32.0 Å². The zero-order chi connectivity index (χ0) is 16.1. The Kier molecular flexibility index (Phi) is 5.68. The highest BCUT2D eigenvalue weighted by atomic mass is 19.1. The van der Waals surface area contributed by atoms with Crippen molar-refractivity contribution in [2.75, 3.05) is 19.8 Å². The lowest BCUT2D eigenvalue weighted by Gasteiger charge is -2.36. The van der Waals surface area contributed by atoms with Crippen LogP contribution in [0.1, 0.15) is 18.9 Å². The summed E-state index contributed by atoms with van der Waals surface area (Å²) in [4.78, 5) is 13.8. The zero-order valence-electron chi connectivity index (χ0n) is 12.4. The molecule has 7 heteroatoms. The number of nitrogens with one attached hydrogen (secondary N) is 1. The molecule has 1 aliphatic rings. The van der Waals surface area contributed by atoms with Gasteiger partial charge in [0.25, 0.3) is 0 Å². The van der Waals surface area contributed by atoms with Crippen molar-refractivity contribution in [3.8, 4) is 0 Å². The maximum Gasteiger partial charge on any atom is 0.318 e. The number of benzene rings is 1. The molecule has 5 nitrogen and oxygen atoms in total. The van der Waals surface area contributed by atoms with Crippen molar-refractivity contribution < 1.29 is 23.4 Å². The fourth-order valence-corrected chi connectivity index (χ4v) is 2.48. The summed E-state index contributed by atoms with van der Waals surface area (Å²) in [6, 6.07) is 2.90. The van der Waals surface area contributed by atoms with Gasteiger partial charge in [-0.15, -0.1) is 0 Å². The van der Waals surface area contributed by atoms with Crippen LogP contribution in [0.3, 0.4) is 0 Å². The molecule has 22 heavy (non-hydrogen) atoms. The first-order valence-corrected chi connectivity index (χ1v) is 7.22. The molecule has 1 aromatic rings. The first-order valence-electron chi connectivity index (χ1n) is 7.22. The van der Waals surface area contributed by atoms with Crippen LogP contribution >= 0.6 is 0 Å². The van der Waals surface area contributed by atoms with Crippen molar-refractivity contribution in [3.05, 3.63) is 35.4 Å². The van der Waals surface area contributed by atoms with E-state index in [9.17, 15) is 18.7 Å². The molecule has 1 aromatic carbocycles. The molecular weight excluding hydrogens is 294 g/mol. The minimum atomic E-state index is -0.692. The van der Waals surface area contributed by atoms with E-state index in [2.05, 4.69) is 5.32 Å². The maximum absolute atomic E-state index is 13.5. The molecule has 1 aliphatic heterocycles. The van der Waals surface area contributed by atoms with Crippen LogP contribution in [0.25, 0.3) is 0 Å². The largest absolute Gasteiger partial charge is 0.393 e. The number of rotatable bonds is 4. The molecule has 1 fully saturated rings. The van der Waals surface area contributed by atoms with Crippen LogP contribution in [-0.2, 0) is 11.3 Å². The van der Waals surface area contributed by atoms with Gasteiger partial charge in [-0.3, -0.25) is 0 Å². The Morgan fingerprint density at radius 1 is 1.50 bits per heavy atom. The Morgan fingerprint density at radius 3 is 2.82 bits per heavy atom. The first kappa shape index (κ1) is 16.6. The normalized spacial score (nSPS) is 19.8. The SMILES string of the molecule is CC(O)CC1COCCN1C(=O)NCc1c(F)cccc1F. The lowest BCUT2D eigenvalue weighted by molar-refractivity contribution is -0.00439. The number of morpholine rings is 1. The van der Waals surface area contributed by atoms with Crippen molar-refractivity contribution in [1.29, 1.82) is 0 Å². The fraction of sp³-hybridized carbons (Fsp3) is 0.533. The third-order valence-corrected chi connectivity index (χ3v) is 3.58. The molecule has 0 radical (unpaired) electrons. The van der Waals surface area contributed by atoms with Gasteiger partial charge in [0, 0.05) is 12.1 Å². The third kappa shape index (κ3) is 4.14. The van der Waals surface area contributed by atoms with Gasteiger partial charge in [-0.2, -0.15) is 0 Å². The van der Waals surface area contributed by atoms with E-state index in [4.69, 9.17) is 4.74 Å². The smallest absolute Gasteiger partial charge is 0.318 e. The third-order valence-electron chi connectivity index (χ3n) is 3.58. The van der Waals surface area contributed by atoms with Gasteiger partial charge in [0.15, 0.2) is 0 Å². The van der Waals surface area contributed by atoms with Gasteiger partial charge in [-0.1, -0.05) is 6.07 Å². The van der Waals surface area contributed by atoms with Gasteiger partial charge in [-0.05, 0) is 25.5 Å². The molecule has 0 saturated carbocycles. The summed E-state index contributed by atoms with van der Waals surface area (Å²) in [5.41, 5.74) is -0.170. The topological polar surface area (TPSA) is 61.8 Å². The zero-order valence-corrected chi connectivity index (χ0v) is 12.4. The average molecular weight is 314 g/mol. The molecule has 2 rings (SSSR count). The molecule has 0 aromatic heterocycles. The van der Waals surface area contributed by atoms with E-state index in [1.165, 1.54) is 11.0 Å². The highest BCUT2D eigenvalue weighted by Gasteiger charge is 2.28. The van der Waals surface area contributed by atoms with Crippen LogP contribution < -0.4 is 5.32 Å². The summed E-state index contributed by atoms with van der Waals surface area (Å²) in [6.07, 6.45) is -0.174. The summed E-state index contributed by atoms with van der Waals surface area (Å²) in [6.45, 7) is 2.53. The summed E-state index contributed by atoms with van der Waals surface area (Å²) < 4.78 is 32.4. The van der Waals surface area contributed by atoms with Gasteiger partial charge in [0.05, 0.1) is 31.9 Å². The van der Waals surface area contributed by atoms with Crippen LogP contribution in [0.15, 0.2) is 18.2 Å². The molecule has 0 bridgehead atoms. The van der Waals surface area contributed by atoms with Gasteiger partial charge >= 0.3 is 6.03 Å².